The molecule has 0 aromatic heterocycles. The molecule has 2 aromatic carbocycles. The molecule has 0 aliphatic carbocycles. The highest BCUT2D eigenvalue weighted by atomic mass is 35.5. The van der Waals surface area contributed by atoms with Gasteiger partial charge in [0, 0.05) is 45.2 Å². The van der Waals surface area contributed by atoms with Gasteiger partial charge in [-0.05, 0) is 19.1 Å². The number of benzene rings is 2. The maximum atomic E-state index is 6.23. The molecule has 0 spiro atoms. The van der Waals surface area contributed by atoms with E-state index in [2.05, 4.69) is 4.99 Å². The number of nitrogens with two attached hydrogens (primary N) is 1. The number of hydrogen-bond donors (Lipinski definition) is 1. The number of para-hydroxylation sites is 1. The second-order valence-corrected chi connectivity index (χ2v) is 5.04. The summed E-state index contributed by atoms with van der Waals surface area (Å²) in [7, 11) is 1.75. The maximum absolute atomic E-state index is 6.23. The van der Waals surface area contributed by atoms with Gasteiger partial charge in [-0.1, -0.05) is 47.5 Å². The highest BCUT2D eigenvalue weighted by molar-refractivity contribution is 6.36. The predicted octanol–water partition coefficient (Wildman–Crippen LogP) is 4.68. The Morgan fingerprint density at radius 3 is 2.47 bits per heavy atom. The Morgan fingerprint density at radius 1 is 1.11 bits per heavy atom. The Labute approximate surface area is 122 Å². The average molecular weight is 293 g/mol. The van der Waals surface area contributed by atoms with Gasteiger partial charge in [0.05, 0.1) is 0 Å². The van der Waals surface area contributed by atoms with Gasteiger partial charge in [-0.2, -0.15) is 0 Å². The van der Waals surface area contributed by atoms with Crippen molar-refractivity contribution in [2.75, 3.05) is 12.8 Å². The Morgan fingerprint density at radius 2 is 1.84 bits per heavy atom. The summed E-state index contributed by atoms with van der Waals surface area (Å²) in [6.07, 6.45) is 0. The van der Waals surface area contributed by atoms with Gasteiger partial charge in [-0.3, -0.25) is 4.99 Å². The fourth-order valence-corrected chi connectivity index (χ4v) is 2.45. The van der Waals surface area contributed by atoms with Crippen molar-refractivity contribution in [3.8, 4) is 11.1 Å². The van der Waals surface area contributed by atoms with Crippen molar-refractivity contribution < 1.29 is 0 Å². The predicted molar refractivity (Wildman–Crippen MR) is 84.4 cm³/mol. The van der Waals surface area contributed by atoms with Crippen LogP contribution in [0.15, 0.2) is 41.4 Å². The first-order chi connectivity index (χ1) is 9.04. The van der Waals surface area contributed by atoms with E-state index in [9.17, 15) is 0 Å². The van der Waals surface area contributed by atoms with Gasteiger partial charge < -0.3 is 5.73 Å². The van der Waals surface area contributed by atoms with Crippen molar-refractivity contribution in [3.05, 3.63) is 52.0 Å². The molecule has 4 heteroatoms. The van der Waals surface area contributed by atoms with Crippen LogP contribution in [0.25, 0.3) is 11.1 Å². The quantitative estimate of drug-likeness (QED) is 0.633. The first-order valence-electron chi connectivity index (χ1n) is 5.82. The molecule has 0 fully saturated rings. The molecule has 0 heterocycles. The number of aliphatic imine (C=N–C) groups is 1. The smallest absolute Gasteiger partial charge is 0.0499 e. The molecule has 0 saturated heterocycles. The molecule has 0 radical (unpaired) electrons. The molecule has 0 bridgehead atoms. The van der Waals surface area contributed by atoms with E-state index in [0.29, 0.717) is 15.7 Å². The zero-order chi connectivity index (χ0) is 14.0. The van der Waals surface area contributed by atoms with E-state index >= 15 is 0 Å². The lowest BCUT2D eigenvalue weighted by Gasteiger charge is -2.12. The number of rotatable bonds is 2. The minimum absolute atomic E-state index is 0.586. The van der Waals surface area contributed by atoms with E-state index in [4.69, 9.17) is 28.9 Å². The molecule has 0 saturated carbocycles. The van der Waals surface area contributed by atoms with Gasteiger partial charge >= 0.3 is 0 Å². The number of nitrogen functional groups attached to an aromatic ring is 1. The summed E-state index contributed by atoms with van der Waals surface area (Å²) in [5.41, 5.74) is 10.5. The molecule has 0 unspecified atom stereocenters. The van der Waals surface area contributed by atoms with Crippen molar-refractivity contribution in [2.45, 2.75) is 6.92 Å². The fraction of sp³-hybridized carbons (Fsp3) is 0.133. The third kappa shape index (κ3) is 2.75. The lowest BCUT2D eigenvalue weighted by Crippen LogP contribution is -2.02. The van der Waals surface area contributed by atoms with E-state index in [1.807, 2.05) is 31.2 Å². The fourth-order valence-electron chi connectivity index (χ4n) is 1.94. The average Bonchev–Trinajstić information content (AvgIpc) is 2.39. The number of halogens is 2. The number of anilines is 1. The third-order valence-electron chi connectivity index (χ3n) is 3.05. The van der Waals surface area contributed by atoms with Gasteiger partial charge in [-0.15, -0.1) is 0 Å². The first-order valence-corrected chi connectivity index (χ1v) is 6.58. The summed E-state index contributed by atoms with van der Waals surface area (Å²) < 4.78 is 0. The molecule has 2 aromatic rings. The molecule has 0 aliphatic rings. The van der Waals surface area contributed by atoms with Crippen molar-refractivity contribution in [1.82, 2.24) is 0 Å². The summed E-state index contributed by atoms with van der Waals surface area (Å²) in [5.74, 6) is 0. The minimum atomic E-state index is 0.586. The molecule has 19 heavy (non-hydrogen) atoms. The van der Waals surface area contributed by atoms with Crippen LogP contribution in [0.2, 0.25) is 10.0 Å². The topological polar surface area (TPSA) is 38.4 Å². The van der Waals surface area contributed by atoms with Gasteiger partial charge in [0.15, 0.2) is 0 Å². The second kappa shape index (κ2) is 5.64. The van der Waals surface area contributed by atoms with Crippen molar-refractivity contribution >= 4 is 34.6 Å². The monoisotopic (exact) mass is 292 g/mol. The molecule has 0 aliphatic heterocycles. The van der Waals surface area contributed by atoms with Gasteiger partial charge in [0.1, 0.15) is 0 Å². The Balaban J connectivity index is 2.63. The van der Waals surface area contributed by atoms with Gasteiger partial charge in [0.2, 0.25) is 0 Å². The Kier molecular flexibility index (Phi) is 4.13. The lowest BCUT2D eigenvalue weighted by atomic mass is 9.98. The van der Waals surface area contributed by atoms with E-state index < -0.39 is 0 Å². The number of hydrogen-bond acceptors (Lipinski definition) is 2. The lowest BCUT2D eigenvalue weighted by molar-refractivity contribution is 1.41. The third-order valence-corrected chi connectivity index (χ3v) is 3.60. The summed E-state index contributed by atoms with van der Waals surface area (Å²) in [6.45, 7) is 1.93. The standard InChI is InChI=1S/C15H14Cl2N2/c1-9(19-2)11-4-3-5-13(15(11)18)12-7-6-10(16)8-14(12)17/h3-8H,18H2,1-2H3. The first kappa shape index (κ1) is 13.9. The molecule has 98 valence electrons. The molecule has 2 N–H and O–H groups in total. The molecule has 2 nitrogen and oxygen atoms in total. The van der Waals surface area contributed by atoms with E-state index in [0.717, 1.165) is 22.4 Å². The van der Waals surface area contributed by atoms with Crippen LogP contribution in [-0.4, -0.2) is 12.8 Å². The van der Waals surface area contributed by atoms with Gasteiger partial charge in [0.25, 0.3) is 0 Å². The number of nitrogens with zero attached hydrogens (tertiary/aromatic N) is 1. The van der Waals surface area contributed by atoms with Crippen LogP contribution in [0.1, 0.15) is 12.5 Å². The SMILES string of the molecule is CN=C(C)c1cccc(-c2ccc(Cl)cc2Cl)c1N. The summed E-state index contributed by atoms with van der Waals surface area (Å²) in [5, 5.41) is 1.19. The highest BCUT2D eigenvalue weighted by Gasteiger charge is 2.11. The molecule has 2 rings (SSSR count). The van der Waals surface area contributed by atoms with Crippen LogP contribution in [0.3, 0.4) is 0 Å². The van der Waals surface area contributed by atoms with E-state index in [1.165, 1.54) is 0 Å². The van der Waals surface area contributed by atoms with Crippen molar-refractivity contribution in [1.29, 1.82) is 0 Å². The molecular formula is C15H14Cl2N2. The van der Waals surface area contributed by atoms with Gasteiger partial charge in [-0.25, -0.2) is 0 Å². The normalized spacial score (nSPS) is 11.7. The molecule has 0 atom stereocenters. The Bertz CT molecular complexity index is 649. The van der Waals surface area contributed by atoms with E-state index in [1.54, 1.807) is 19.2 Å². The summed E-state index contributed by atoms with van der Waals surface area (Å²) in [4.78, 5) is 4.17. The molecule has 0 amide bonds. The van der Waals surface area contributed by atoms with Crippen LogP contribution >= 0.6 is 23.2 Å². The zero-order valence-electron chi connectivity index (χ0n) is 10.7. The zero-order valence-corrected chi connectivity index (χ0v) is 12.3. The molecular weight excluding hydrogens is 279 g/mol. The van der Waals surface area contributed by atoms with Crippen LogP contribution in [0.4, 0.5) is 5.69 Å². The van der Waals surface area contributed by atoms with Crippen LogP contribution in [-0.2, 0) is 0 Å². The maximum Gasteiger partial charge on any atom is 0.0499 e. The second-order valence-electron chi connectivity index (χ2n) is 4.20. The Hall–Kier alpha value is -1.51. The minimum Gasteiger partial charge on any atom is -0.398 e. The van der Waals surface area contributed by atoms with Crippen molar-refractivity contribution in [2.24, 2.45) is 4.99 Å². The highest BCUT2D eigenvalue weighted by Crippen LogP contribution is 2.35. The largest absolute Gasteiger partial charge is 0.398 e. The summed E-state index contributed by atoms with van der Waals surface area (Å²) in [6, 6.07) is 11.2. The van der Waals surface area contributed by atoms with Crippen LogP contribution < -0.4 is 5.73 Å². The van der Waals surface area contributed by atoms with Crippen LogP contribution in [0.5, 0.6) is 0 Å². The van der Waals surface area contributed by atoms with Crippen molar-refractivity contribution in [3.63, 3.8) is 0 Å². The van der Waals surface area contributed by atoms with Crippen LogP contribution in [0, 0.1) is 0 Å². The van der Waals surface area contributed by atoms with E-state index in [-0.39, 0.29) is 0 Å². The summed E-state index contributed by atoms with van der Waals surface area (Å²) >= 11 is 12.1.